The third kappa shape index (κ3) is 60.8. The monoisotopic (exact) mass is 1070 g/mol. The molecule has 0 heterocycles. The molecule has 0 aliphatic rings. The zero-order valence-electron chi connectivity index (χ0n) is 49.0. The standard InChI is InChI=1S/C65H120NO8P/c1-3-5-7-9-11-13-15-17-19-20-21-22-23-24-25-26-27-28-29-30-31-32-33-34-35-36-37-38-39-40-41-42-44-45-47-49-51-53-55-57-64(67)71-61-63(62-73-75(69,70)72-60-59-66)74-65(68)58-56-54-52-50-48-46-43-18-16-14-12-10-8-6-4-2/h6,8,12,14-15,17-18,20-21,43,63H,3-5,7,9-11,13,16,19,22-42,44-62,66H2,1-2H3,(H,69,70)/b8-6-,14-12-,17-15-,21-20-,43-18-. The van der Waals surface area contributed by atoms with Gasteiger partial charge in [0.25, 0.3) is 0 Å². The van der Waals surface area contributed by atoms with Crippen LogP contribution in [0, 0.1) is 0 Å². The number of nitrogens with two attached hydrogens (primary N) is 1. The second-order valence-electron chi connectivity index (χ2n) is 21.2. The van der Waals surface area contributed by atoms with Crippen molar-refractivity contribution >= 4 is 19.8 Å². The summed E-state index contributed by atoms with van der Waals surface area (Å²) >= 11 is 0. The van der Waals surface area contributed by atoms with Crippen LogP contribution < -0.4 is 5.73 Å². The number of hydrogen-bond acceptors (Lipinski definition) is 8. The Morgan fingerprint density at radius 1 is 0.413 bits per heavy atom. The molecule has 3 N–H and O–H groups in total. The molecule has 10 heteroatoms. The first-order chi connectivity index (χ1) is 36.8. The third-order valence-corrected chi connectivity index (χ3v) is 14.9. The van der Waals surface area contributed by atoms with Crippen molar-refractivity contribution in [3.8, 4) is 0 Å². The molecule has 0 aliphatic heterocycles. The molecule has 0 aromatic carbocycles. The van der Waals surface area contributed by atoms with Gasteiger partial charge in [-0.15, -0.1) is 0 Å². The van der Waals surface area contributed by atoms with Gasteiger partial charge in [-0.1, -0.05) is 280 Å². The predicted octanol–water partition coefficient (Wildman–Crippen LogP) is 20.3. The van der Waals surface area contributed by atoms with E-state index in [1.165, 1.54) is 199 Å². The molecule has 2 unspecified atom stereocenters. The summed E-state index contributed by atoms with van der Waals surface area (Å²) in [6, 6.07) is 0. The molecule has 0 radical (unpaired) electrons. The molecule has 438 valence electrons. The number of hydrogen-bond donors (Lipinski definition) is 2. The number of phosphoric ester groups is 1. The summed E-state index contributed by atoms with van der Waals surface area (Å²) in [6.07, 6.45) is 77.6. The summed E-state index contributed by atoms with van der Waals surface area (Å²) in [4.78, 5) is 35.1. The minimum atomic E-state index is -4.39. The molecule has 9 nitrogen and oxygen atoms in total. The van der Waals surface area contributed by atoms with Crippen molar-refractivity contribution in [3.05, 3.63) is 60.8 Å². The van der Waals surface area contributed by atoms with Gasteiger partial charge in [-0.3, -0.25) is 18.6 Å². The van der Waals surface area contributed by atoms with Crippen LogP contribution in [0.3, 0.4) is 0 Å². The molecule has 75 heavy (non-hydrogen) atoms. The van der Waals surface area contributed by atoms with Crippen LogP contribution in [-0.2, 0) is 32.7 Å². The minimum Gasteiger partial charge on any atom is -0.462 e. The molecular formula is C65H120NO8P. The van der Waals surface area contributed by atoms with E-state index in [0.29, 0.717) is 6.42 Å². The van der Waals surface area contributed by atoms with Crippen LogP contribution in [0.4, 0.5) is 0 Å². The topological polar surface area (TPSA) is 134 Å². The van der Waals surface area contributed by atoms with E-state index in [-0.39, 0.29) is 38.6 Å². The van der Waals surface area contributed by atoms with Gasteiger partial charge in [0, 0.05) is 19.4 Å². The first kappa shape index (κ1) is 72.7. The van der Waals surface area contributed by atoms with Crippen LogP contribution in [0.1, 0.15) is 309 Å². The Labute approximate surface area is 463 Å². The van der Waals surface area contributed by atoms with E-state index in [1.54, 1.807) is 0 Å². The van der Waals surface area contributed by atoms with Gasteiger partial charge in [-0.05, 0) is 77.0 Å². The smallest absolute Gasteiger partial charge is 0.462 e. The maximum absolute atomic E-state index is 12.7. The summed E-state index contributed by atoms with van der Waals surface area (Å²) < 4.78 is 33.0. The largest absolute Gasteiger partial charge is 0.472 e. The highest BCUT2D eigenvalue weighted by Gasteiger charge is 2.26. The lowest BCUT2D eigenvalue weighted by atomic mass is 10.0. The Hall–Kier alpha value is -2.29. The number of phosphoric acid groups is 1. The van der Waals surface area contributed by atoms with E-state index >= 15 is 0 Å². The highest BCUT2D eigenvalue weighted by atomic mass is 31.2. The van der Waals surface area contributed by atoms with Crippen molar-refractivity contribution < 1.29 is 37.6 Å². The van der Waals surface area contributed by atoms with Crippen molar-refractivity contribution in [3.63, 3.8) is 0 Å². The molecular weight excluding hydrogens is 954 g/mol. The van der Waals surface area contributed by atoms with E-state index in [1.807, 2.05) is 0 Å². The molecule has 0 fully saturated rings. The fourth-order valence-electron chi connectivity index (χ4n) is 9.21. The SMILES string of the molecule is CC/C=C\C/C=C\C/C=C\CCCCCCCC(=O)OC(COC(=O)CCCCCCCCCCCCCCCCCCCCCCCCCCCCC/C=C\C/C=C\CCCCCCC)COP(=O)(O)OCCN. The lowest BCUT2D eigenvalue weighted by Gasteiger charge is -2.19. The maximum Gasteiger partial charge on any atom is 0.472 e. The second kappa shape index (κ2) is 60.9. The summed E-state index contributed by atoms with van der Waals surface area (Å²) in [5, 5.41) is 0. The molecule has 0 amide bonds. The number of rotatable bonds is 60. The van der Waals surface area contributed by atoms with E-state index < -0.39 is 26.5 Å². The number of ether oxygens (including phenoxy) is 2. The predicted molar refractivity (Wildman–Crippen MR) is 321 cm³/mol. The Balaban J connectivity index is 3.74. The molecule has 0 aromatic rings. The molecule has 0 spiro atoms. The third-order valence-electron chi connectivity index (χ3n) is 13.9. The zero-order valence-corrected chi connectivity index (χ0v) is 49.9. The first-order valence-corrected chi connectivity index (χ1v) is 33.3. The van der Waals surface area contributed by atoms with Crippen molar-refractivity contribution in [2.24, 2.45) is 5.73 Å². The van der Waals surface area contributed by atoms with E-state index in [9.17, 15) is 19.0 Å². The number of allylic oxidation sites excluding steroid dienone is 10. The highest BCUT2D eigenvalue weighted by Crippen LogP contribution is 2.43. The van der Waals surface area contributed by atoms with Crippen molar-refractivity contribution in [1.82, 2.24) is 0 Å². The summed E-state index contributed by atoms with van der Waals surface area (Å²) in [5.74, 6) is -0.838. The lowest BCUT2D eigenvalue weighted by Crippen LogP contribution is -2.29. The van der Waals surface area contributed by atoms with Gasteiger partial charge in [0.1, 0.15) is 6.61 Å². The van der Waals surface area contributed by atoms with E-state index in [2.05, 4.69) is 74.6 Å². The highest BCUT2D eigenvalue weighted by molar-refractivity contribution is 7.47. The van der Waals surface area contributed by atoms with Gasteiger partial charge in [-0.2, -0.15) is 0 Å². The van der Waals surface area contributed by atoms with Crippen molar-refractivity contribution in [1.29, 1.82) is 0 Å². The number of esters is 2. The Morgan fingerprint density at radius 2 is 0.733 bits per heavy atom. The van der Waals surface area contributed by atoms with E-state index in [0.717, 1.165) is 77.0 Å². The van der Waals surface area contributed by atoms with Gasteiger partial charge in [0.15, 0.2) is 6.10 Å². The molecule has 0 saturated carbocycles. The summed E-state index contributed by atoms with van der Waals surface area (Å²) in [6.45, 7) is 3.63. The van der Waals surface area contributed by atoms with Gasteiger partial charge in [-0.25, -0.2) is 4.57 Å². The van der Waals surface area contributed by atoms with Crippen LogP contribution in [-0.4, -0.2) is 49.3 Å². The number of carbonyl (C=O) groups is 2. The molecule has 0 aromatic heterocycles. The Morgan fingerprint density at radius 3 is 1.09 bits per heavy atom. The molecule has 0 rings (SSSR count). The normalized spacial score (nSPS) is 13.4. The van der Waals surface area contributed by atoms with Crippen LogP contribution in [0.2, 0.25) is 0 Å². The van der Waals surface area contributed by atoms with Gasteiger partial charge < -0.3 is 20.1 Å². The van der Waals surface area contributed by atoms with E-state index in [4.69, 9.17) is 24.3 Å². The molecule has 0 aliphatic carbocycles. The minimum absolute atomic E-state index is 0.0499. The average Bonchev–Trinajstić information content (AvgIpc) is 3.40. The van der Waals surface area contributed by atoms with Gasteiger partial charge >= 0.3 is 19.8 Å². The quantitative estimate of drug-likeness (QED) is 0.0264. The number of carbonyl (C=O) groups excluding carboxylic acids is 2. The van der Waals surface area contributed by atoms with Gasteiger partial charge in [0.2, 0.25) is 0 Å². The molecule has 0 saturated heterocycles. The first-order valence-electron chi connectivity index (χ1n) is 31.8. The zero-order chi connectivity index (χ0) is 54.5. The Bertz CT molecular complexity index is 1410. The lowest BCUT2D eigenvalue weighted by molar-refractivity contribution is -0.161. The van der Waals surface area contributed by atoms with Crippen LogP contribution >= 0.6 is 7.82 Å². The van der Waals surface area contributed by atoms with Crippen LogP contribution in [0.15, 0.2) is 60.8 Å². The van der Waals surface area contributed by atoms with Crippen molar-refractivity contribution in [2.75, 3.05) is 26.4 Å². The molecule has 2 atom stereocenters. The second-order valence-corrected chi connectivity index (χ2v) is 22.7. The van der Waals surface area contributed by atoms with Gasteiger partial charge in [0.05, 0.1) is 13.2 Å². The van der Waals surface area contributed by atoms with Crippen LogP contribution in [0.25, 0.3) is 0 Å². The average molecular weight is 1070 g/mol. The summed E-state index contributed by atoms with van der Waals surface area (Å²) in [5.41, 5.74) is 5.38. The fourth-order valence-corrected chi connectivity index (χ4v) is 9.98. The van der Waals surface area contributed by atoms with Crippen LogP contribution in [0.5, 0.6) is 0 Å². The Kier molecular flexibility index (Phi) is 59.1. The molecule has 0 bridgehead atoms. The summed E-state index contributed by atoms with van der Waals surface area (Å²) in [7, 11) is -4.39. The number of unbranched alkanes of at least 4 members (excludes halogenated alkanes) is 37. The van der Waals surface area contributed by atoms with Crippen molar-refractivity contribution in [2.45, 2.75) is 315 Å². The fraction of sp³-hybridized carbons (Fsp3) is 0.815. The maximum atomic E-state index is 12.7.